The van der Waals surface area contributed by atoms with Gasteiger partial charge in [0.15, 0.2) is 0 Å². The lowest BCUT2D eigenvalue weighted by Crippen LogP contribution is -2.38. The topological polar surface area (TPSA) is 39.1 Å². The molecule has 1 aromatic carbocycles. The number of ether oxygens (including phenoxy) is 1. The predicted molar refractivity (Wildman–Crippen MR) is 88.4 cm³/mol. The second-order valence-corrected chi connectivity index (χ2v) is 6.30. The summed E-state index contributed by atoms with van der Waals surface area (Å²) in [4.78, 5) is 4.57. The van der Waals surface area contributed by atoms with Gasteiger partial charge in [0.25, 0.3) is 0 Å². The molecule has 22 heavy (non-hydrogen) atoms. The van der Waals surface area contributed by atoms with E-state index in [0.717, 1.165) is 30.8 Å². The Hall–Kier alpha value is -1.81. The number of benzene rings is 1. The van der Waals surface area contributed by atoms with Crippen molar-refractivity contribution in [1.29, 1.82) is 0 Å². The summed E-state index contributed by atoms with van der Waals surface area (Å²) >= 11 is 0. The van der Waals surface area contributed by atoms with Gasteiger partial charge in [-0.05, 0) is 44.4 Å². The maximum atomic E-state index is 5.34. The van der Waals surface area contributed by atoms with Crippen LogP contribution in [0.5, 0.6) is 5.75 Å². The zero-order chi connectivity index (χ0) is 15.7. The third-order valence-electron chi connectivity index (χ3n) is 4.52. The Kier molecular flexibility index (Phi) is 4.21. The first-order valence-corrected chi connectivity index (χ1v) is 8.00. The van der Waals surface area contributed by atoms with Crippen molar-refractivity contribution >= 4 is 0 Å². The fourth-order valence-corrected chi connectivity index (χ4v) is 3.34. The number of aryl methyl sites for hydroxylation is 3. The molecule has 1 aliphatic heterocycles. The lowest BCUT2D eigenvalue weighted by atomic mass is 10.0. The summed E-state index contributed by atoms with van der Waals surface area (Å²) in [5.41, 5.74) is 3.62. The Morgan fingerprint density at radius 2 is 2.18 bits per heavy atom. The van der Waals surface area contributed by atoms with Gasteiger partial charge in [0.2, 0.25) is 0 Å². The van der Waals surface area contributed by atoms with E-state index in [1.165, 1.54) is 17.0 Å². The third kappa shape index (κ3) is 3.02. The number of fused-ring (bicyclic) bond motifs is 1. The van der Waals surface area contributed by atoms with Gasteiger partial charge in [-0.2, -0.15) is 0 Å². The van der Waals surface area contributed by atoms with E-state index in [4.69, 9.17) is 4.74 Å². The van der Waals surface area contributed by atoms with Crippen molar-refractivity contribution in [2.75, 3.05) is 7.11 Å². The third-order valence-corrected chi connectivity index (χ3v) is 4.52. The molecule has 4 heteroatoms. The van der Waals surface area contributed by atoms with E-state index in [9.17, 15) is 0 Å². The van der Waals surface area contributed by atoms with Crippen LogP contribution in [0, 0.1) is 13.8 Å². The molecule has 0 fully saturated rings. The summed E-state index contributed by atoms with van der Waals surface area (Å²) in [5, 5.41) is 3.76. The Morgan fingerprint density at radius 1 is 1.36 bits per heavy atom. The van der Waals surface area contributed by atoms with Gasteiger partial charge in [-0.1, -0.05) is 12.1 Å². The molecular formula is C18H25N3O. The van der Waals surface area contributed by atoms with Crippen molar-refractivity contribution < 1.29 is 4.74 Å². The standard InChI is InChI=1S/C18H25N3O/c1-12-9-15(5-7-17(12)22-4)14(3)20-16-6-8-18-19-13(2)10-21(18)11-16/h5,7,9-10,14,16,20H,6,8,11H2,1-4H3/t14-,16-/m0/s1. The highest BCUT2D eigenvalue weighted by molar-refractivity contribution is 5.37. The Bertz CT molecular complexity index is 662. The van der Waals surface area contributed by atoms with Crippen LogP contribution in [-0.2, 0) is 13.0 Å². The molecule has 0 amide bonds. The van der Waals surface area contributed by atoms with Crippen LogP contribution in [0.3, 0.4) is 0 Å². The maximum absolute atomic E-state index is 5.34. The van der Waals surface area contributed by atoms with Crippen molar-refractivity contribution in [2.24, 2.45) is 0 Å². The van der Waals surface area contributed by atoms with Crippen LogP contribution >= 0.6 is 0 Å². The van der Waals surface area contributed by atoms with E-state index >= 15 is 0 Å². The molecule has 0 radical (unpaired) electrons. The van der Waals surface area contributed by atoms with Crippen molar-refractivity contribution in [3.63, 3.8) is 0 Å². The summed E-state index contributed by atoms with van der Waals surface area (Å²) in [5.74, 6) is 2.18. The molecule has 1 aromatic heterocycles. The zero-order valence-electron chi connectivity index (χ0n) is 13.9. The predicted octanol–water partition coefficient (Wildman–Crippen LogP) is 3.17. The normalized spacial score (nSPS) is 18.8. The zero-order valence-corrected chi connectivity index (χ0v) is 13.9. The quantitative estimate of drug-likeness (QED) is 0.942. The van der Waals surface area contributed by atoms with Gasteiger partial charge in [-0.15, -0.1) is 0 Å². The lowest BCUT2D eigenvalue weighted by Gasteiger charge is -2.28. The molecule has 4 nitrogen and oxygen atoms in total. The summed E-state index contributed by atoms with van der Waals surface area (Å²) in [7, 11) is 1.72. The number of aromatic nitrogens is 2. The van der Waals surface area contributed by atoms with Crippen LogP contribution in [-0.4, -0.2) is 22.7 Å². The molecule has 1 aliphatic rings. The minimum absolute atomic E-state index is 0.334. The van der Waals surface area contributed by atoms with Crippen LogP contribution in [0.1, 0.15) is 42.0 Å². The lowest BCUT2D eigenvalue weighted by molar-refractivity contribution is 0.351. The highest BCUT2D eigenvalue weighted by Gasteiger charge is 2.21. The molecule has 0 bridgehead atoms. The van der Waals surface area contributed by atoms with E-state index in [1.54, 1.807) is 7.11 Å². The van der Waals surface area contributed by atoms with Crippen LogP contribution in [0.4, 0.5) is 0 Å². The van der Waals surface area contributed by atoms with Crippen LogP contribution in [0.2, 0.25) is 0 Å². The molecule has 1 N–H and O–H groups in total. The number of hydrogen-bond donors (Lipinski definition) is 1. The fourth-order valence-electron chi connectivity index (χ4n) is 3.34. The van der Waals surface area contributed by atoms with Gasteiger partial charge in [-0.3, -0.25) is 0 Å². The molecule has 0 aliphatic carbocycles. The maximum Gasteiger partial charge on any atom is 0.121 e. The minimum atomic E-state index is 0.334. The molecule has 0 spiro atoms. The summed E-state index contributed by atoms with van der Waals surface area (Å²) in [6.07, 6.45) is 4.36. The van der Waals surface area contributed by atoms with Crippen LogP contribution in [0.25, 0.3) is 0 Å². The van der Waals surface area contributed by atoms with Crippen molar-refractivity contribution in [3.8, 4) is 5.75 Å². The number of nitrogens with zero attached hydrogens (tertiary/aromatic N) is 2. The second kappa shape index (κ2) is 6.13. The molecule has 0 saturated heterocycles. The Morgan fingerprint density at radius 3 is 2.91 bits per heavy atom. The molecular weight excluding hydrogens is 274 g/mol. The largest absolute Gasteiger partial charge is 0.496 e. The van der Waals surface area contributed by atoms with Crippen molar-refractivity contribution in [1.82, 2.24) is 14.9 Å². The van der Waals surface area contributed by atoms with E-state index in [2.05, 4.69) is 60.0 Å². The minimum Gasteiger partial charge on any atom is -0.496 e. The first kappa shape index (κ1) is 15.1. The summed E-state index contributed by atoms with van der Waals surface area (Å²) in [6.45, 7) is 7.40. The molecule has 2 heterocycles. The average molecular weight is 299 g/mol. The molecule has 3 rings (SSSR count). The van der Waals surface area contributed by atoms with E-state index in [1.807, 2.05) is 0 Å². The van der Waals surface area contributed by atoms with Gasteiger partial charge >= 0.3 is 0 Å². The SMILES string of the molecule is COc1ccc([C@H](C)N[C@H]2CCc3nc(C)cn3C2)cc1C. The number of hydrogen-bond acceptors (Lipinski definition) is 3. The molecule has 2 aromatic rings. The molecule has 0 unspecified atom stereocenters. The first-order valence-electron chi connectivity index (χ1n) is 8.00. The van der Waals surface area contributed by atoms with Crippen LogP contribution in [0.15, 0.2) is 24.4 Å². The monoisotopic (exact) mass is 299 g/mol. The van der Waals surface area contributed by atoms with Crippen LogP contribution < -0.4 is 10.1 Å². The number of methoxy groups -OCH3 is 1. The number of rotatable bonds is 4. The smallest absolute Gasteiger partial charge is 0.121 e. The van der Waals surface area contributed by atoms with E-state index in [0.29, 0.717) is 12.1 Å². The Balaban J connectivity index is 1.67. The van der Waals surface area contributed by atoms with Gasteiger partial charge in [0.1, 0.15) is 11.6 Å². The fraction of sp³-hybridized carbons (Fsp3) is 0.500. The van der Waals surface area contributed by atoms with Gasteiger partial charge in [0, 0.05) is 31.2 Å². The Labute approximate surface area is 132 Å². The van der Waals surface area contributed by atoms with Gasteiger partial charge in [-0.25, -0.2) is 4.98 Å². The highest BCUT2D eigenvalue weighted by Crippen LogP contribution is 2.24. The average Bonchev–Trinajstić information content (AvgIpc) is 2.86. The van der Waals surface area contributed by atoms with Gasteiger partial charge < -0.3 is 14.6 Å². The van der Waals surface area contributed by atoms with E-state index in [-0.39, 0.29) is 0 Å². The molecule has 2 atom stereocenters. The first-order chi connectivity index (χ1) is 10.6. The van der Waals surface area contributed by atoms with Gasteiger partial charge in [0.05, 0.1) is 12.8 Å². The molecule has 0 saturated carbocycles. The van der Waals surface area contributed by atoms with Crippen molar-refractivity contribution in [3.05, 3.63) is 47.0 Å². The number of imidazole rings is 1. The highest BCUT2D eigenvalue weighted by atomic mass is 16.5. The van der Waals surface area contributed by atoms with E-state index < -0.39 is 0 Å². The summed E-state index contributed by atoms with van der Waals surface area (Å²) < 4.78 is 7.63. The second-order valence-electron chi connectivity index (χ2n) is 6.30. The number of nitrogens with one attached hydrogen (secondary N) is 1. The summed E-state index contributed by atoms with van der Waals surface area (Å²) in [6, 6.07) is 7.26. The molecule has 118 valence electrons. The van der Waals surface area contributed by atoms with Crippen molar-refractivity contribution in [2.45, 2.75) is 52.2 Å².